The molecule has 8 nitrogen and oxygen atoms in total. The number of allylic oxidation sites excluding steroid dienone is 2. The van der Waals surface area contributed by atoms with Crippen LogP contribution in [0.2, 0.25) is 0 Å². The number of nitro groups is 2. The fourth-order valence-electron chi connectivity index (χ4n) is 7.79. The molecule has 1 aromatic rings. The molecule has 0 unspecified atom stereocenters. The molecule has 5 atom stereocenters. The van der Waals surface area contributed by atoms with E-state index in [4.69, 9.17) is 0 Å². The maximum absolute atomic E-state index is 11.5. The van der Waals surface area contributed by atoms with Crippen LogP contribution in [-0.4, -0.2) is 15.6 Å². The van der Waals surface area contributed by atoms with E-state index >= 15 is 0 Å². The van der Waals surface area contributed by atoms with Gasteiger partial charge in [0.25, 0.3) is 5.69 Å². The van der Waals surface area contributed by atoms with Gasteiger partial charge >= 0.3 is 5.69 Å². The van der Waals surface area contributed by atoms with Crippen molar-refractivity contribution in [2.75, 3.05) is 5.43 Å². The smallest absolute Gasteiger partial charge is 0.271 e. The number of non-ortho nitro benzene ring substituents is 1. The number of hydrogen-bond donors (Lipinski definition) is 1. The third kappa shape index (κ3) is 5.43. The van der Waals surface area contributed by atoms with Crippen LogP contribution in [0, 0.1) is 55.2 Å². The van der Waals surface area contributed by atoms with E-state index < -0.39 is 9.85 Å². The molecular formula is C29H42N4O4. The van der Waals surface area contributed by atoms with Crippen molar-refractivity contribution < 1.29 is 9.85 Å². The third-order valence-corrected chi connectivity index (χ3v) is 9.78. The summed E-state index contributed by atoms with van der Waals surface area (Å²) in [5.41, 5.74) is 6.48. The summed E-state index contributed by atoms with van der Waals surface area (Å²) in [5, 5.41) is 27.1. The van der Waals surface area contributed by atoms with E-state index in [0.29, 0.717) is 11.3 Å². The van der Waals surface area contributed by atoms with Crippen LogP contribution in [0.25, 0.3) is 0 Å². The predicted octanol–water partition coefficient (Wildman–Crippen LogP) is 8.29. The molecule has 8 heteroatoms. The highest BCUT2D eigenvalue weighted by Gasteiger charge is 2.54. The molecule has 0 heterocycles. The average Bonchev–Trinajstić information content (AvgIpc) is 3.20. The largest absolute Gasteiger partial charge is 0.301 e. The molecule has 0 aromatic heterocycles. The first kappa shape index (κ1) is 27.3. The number of hydrazone groups is 1. The van der Waals surface area contributed by atoms with E-state index in [9.17, 15) is 20.2 Å². The van der Waals surface area contributed by atoms with Crippen molar-refractivity contribution >= 4 is 22.8 Å². The second-order valence-corrected chi connectivity index (χ2v) is 12.3. The van der Waals surface area contributed by atoms with Crippen LogP contribution in [0.5, 0.6) is 0 Å². The second-order valence-electron chi connectivity index (χ2n) is 12.3. The van der Waals surface area contributed by atoms with Gasteiger partial charge in [-0.15, -0.1) is 0 Å². The summed E-state index contributed by atoms with van der Waals surface area (Å²) in [6.45, 7) is 11.8. The molecule has 1 N–H and O–H groups in total. The molecule has 2 saturated carbocycles. The summed E-state index contributed by atoms with van der Waals surface area (Å²) in [6, 6.07) is 3.61. The Kier molecular flexibility index (Phi) is 8.05. The van der Waals surface area contributed by atoms with Crippen molar-refractivity contribution in [3.8, 4) is 0 Å². The van der Waals surface area contributed by atoms with Gasteiger partial charge in [0, 0.05) is 6.07 Å². The van der Waals surface area contributed by atoms with Gasteiger partial charge in [-0.05, 0) is 92.1 Å². The van der Waals surface area contributed by atoms with Crippen molar-refractivity contribution in [2.24, 2.45) is 40.1 Å². The molecule has 37 heavy (non-hydrogen) atoms. The van der Waals surface area contributed by atoms with E-state index in [1.165, 1.54) is 61.8 Å². The van der Waals surface area contributed by atoms with Crippen molar-refractivity contribution in [1.82, 2.24) is 0 Å². The van der Waals surface area contributed by atoms with Crippen LogP contribution < -0.4 is 5.43 Å². The molecule has 202 valence electrons. The van der Waals surface area contributed by atoms with Gasteiger partial charge in [0.2, 0.25) is 0 Å². The van der Waals surface area contributed by atoms with Crippen molar-refractivity contribution in [1.29, 1.82) is 0 Å². The fourth-order valence-corrected chi connectivity index (χ4v) is 7.79. The lowest BCUT2D eigenvalue weighted by molar-refractivity contribution is -0.393. The maximum atomic E-state index is 11.5. The highest BCUT2D eigenvalue weighted by molar-refractivity contribution is 6.01. The number of rotatable bonds is 9. The molecule has 3 aliphatic carbocycles. The Balaban J connectivity index is 1.49. The second kappa shape index (κ2) is 10.9. The Morgan fingerprint density at radius 1 is 1.08 bits per heavy atom. The van der Waals surface area contributed by atoms with Crippen LogP contribution in [0.1, 0.15) is 92.4 Å². The normalized spacial score (nSPS) is 29.2. The van der Waals surface area contributed by atoms with Crippen molar-refractivity contribution in [3.05, 3.63) is 49.6 Å². The first-order valence-electron chi connectivity index (χ1n) is 14.0. The predicted molar refractivity (Wildman–Crippen MR) is 148 cm³/mol. The molecule has 1 aromatic carbocycles. The van der Waals surface area contributed by atoms with Gasteiger partial charge in [0.05, 0.1) is 21.6 Å². The SMILES string of the molecule is CC1=C2CC[C@]3(C)[C@H]([C@H](C)CCCC(C)C)CC[C@H]3[C@H]2CC/C1=N\Nc1ccc([N+](=O)[O-])cc1[N+](=O)[O-]. The van der Waals surface area contributed by atoms with Crippen LogP contribution in [0.4, 0.5) is 17.1 Å². The highest BCUT2D eigenvalue weighted by Crippen LogP contribution is 2.63. The Hall–Kier alpha value is -2.77. The zero-order valence-electron chi connectivity index (χ0n) is 23.0. The number of benzene rings is 1. The van der Waals surface area contributed by atoms with Crippen molar-refractivity contribution in [2.45, 2.75) is 92.4 Å². The first-order chi connectivity index (χ1) is 17.5. The van der Waals surface area contributed by atoms with E-state index in [1.54, 1.807) is 0 Å². The topological polar surface area (TPSA) is 111 Å². The summed E-state index contributed by atoms with van der Waals surface area (Å²) >= 11 is 0. The highest BCUT2D eigenvalue weighted by atomic mass is 16.6. The van der Waals surface area contributed by atoms with Gasteiger partial charge in [-0.2, -0.15) is 5.10 Å². The number of fused-ring (bicyclic) bond motifs is 3. The molecule has 0 radical (unpaired) electrons. The minimum Gasteiger partial charge on any atom is -0.271 e. The molecule has 0 amide bonds. The molecule has 0 bridgehead atoms. The van der Waals surface area contributed by atoms with E-state index in [-0.39, 0.29) is 17.1 Å². The van der Waals surface area contributed by atoms with Gasteiger partial charge in [0.1, 0.15) is 5.69 Å². The molecule has 4 rings (SSSR count). The Morgan fingerprint density at radius 3 is 2.51 bits per heavy atom. The third-order valence-electron chi connectivity index (χ3n) is 9.78. The molecule has 0 spiro atoms. The van der Waals surface area contributed by atoms with Gasteiger partial charge in [0.15, 0.2) is 0 Å². The van der Waals surface area contributed by atoms with E-state index in [0.717, 1.165) is 54.7 Å². The zero-order valence-corrected chi connectivity index (χ0v) is 23.0. The molecular weight excluding hydrogens is 468 g/mol. The zero-order chi connectivity index (χ0) is 26.9. The summed E-state index contributed by atoms with van der Waals surface area (Å²) in [7, 11) is 0. The lowest BCUT2D eigenvalue weighted by atomic mass is 9.55. The minimum absolute atomic E-state index is 0.171. The lowest BCUT2D eigenvalue weighted by Gasteiger charge is -2.49. The monoisotopic (exact) mass is 510 g/mol. The van der Waals surface area contributed by atoms with Crippen molar-refractivity contribution in [3.63, 3.8) is 0 Å². The Morgan fingerprint density at radius 2 is 1.84 bits per heavy atom. The average molecular weight is 511 g/mol. The molecule has 0 saturated heterocycles. The number of nitrogens with zero attached hydrogens (tertiary/aromatic N) is 3. The van der Waals surface area contributed by atoms with Gasteiger partial charge in [-0.3, -0.25) is 25.7 Å². The lowest BCUT2D eigenvalue weighted by Crippen LogP contribution is -2.42. The Labute approximate surface area is 220 Å². The quantitative estimate of drug-likeness (QED) is 0.265. The molecule has 3 aliphatic rings. The van der Waals surface area contributed by atoms with Crippen LogP contribution in [0.15, 0.2) is 34.4 Å². The first-order valence-corrected chi connectivity index (χ1v) is 14.0. The van der Waals surface area contributed by atoms with Crippen LogP contribution >= 0.6 is 0 Å². The summed E-state index contributed by atoms with van der Waals surface area (Å²) in [6.07, 6.45) is 10.9. The van der Waals surface area contributed by atoms with Crippen LogP contribution in [-0.2, 0) is 0 Å². The number of nitro benzene ring substituents is 2. The van der Waals surface area contributed by atoms with Gasteiger partial charge < -0.3 is 0 Å². The van der Waals surface area contributed by atoms with Gasteiger partial charge in [-0.1, -0.05) is 52.5 Å². The number of nitrogens with one attached hydrogen (secondary N) is 1. The van der Waals surface area contributed by atoms with Gasteiger partial charge in [-0.25, -0.2) is 0 Å². The standard InChI is InChI=1S/C29H42N4O4/c1-18(2)7-6-8-19(3)24-11-12-25-23-10-14-26(20(4)22(23)15-16-29(24,25)5)30-31-27-13-9-21(32(34)35)17-28(27)33(36)37/h9,13,17-19,23-25,31H,6-8,10-12,14-16H2,1-5H3/b30-26+/t19-,23+,24+,25+,29-/m1/s1. The summed E-state index contributed by atoms with van der Waals surface area (Å²) in [4.78, 5) is 21.3. The van der Waals surface area contributed by atoms with E-state index in [1.807, 2.05) is 0 Å². The fraction of sp³-hybridized carbons (Fsp3) is 0.690. The summed E-state index contributed by atoms with van der Waals surface area (Å²) in [5.74, 6) is 3.71. The molecule has 2 fully saturated rings. The minimum atomic E-state index is -0.630. The summed E-state index contributed by atoms with van der Waals surface area (Å²) < 4.78 is 0. The Bertz CT molecular complexity index is 1110. The molecule has 0 aliphatic heterocycles. The number of anilines is 1. The number of hydrogen-bond acceptors (Lipinski definition) is 6. The van der Waals surface area contributed by atoms with Crippen LogP contribution in [0.3, 0.4) is 0 Å². The van der Waals surface area contributed by atoms with E-state index in [2.05, 4.69) is 45.1 Å². The maximum Gasteiger partial charge on any atom is 0.301 e.